The van der Waals surface area contributed by atoms with E-state index in [4.69, 9.17) is 5.11 Å². The first-order valence-electron chi connectivity index (χ1n) is 2.04. The van der Waals surface area contributed by atoms with Gasteiger partial charge in [0.1, 0.15) is 0 Å². The number of nitrogens with zero attached hydrogens (tertiary/aromatic N) is 2. The van der Waals surface area contributed by atoms with Crippen LogP contribution in [0.5, 0.6) is 0 Å². The molecule has 0 saturated carbocycles. The van der Waals surface area contributed by atoms with Crippen molar-refractivity contribution in [2.75, 3.05) is 0 Å². The van der Waals surface area contributed by atoms with E-state index in [1.807, 2.05) is 0 Å². The minimum atomic E-state index is -2.61. The fraction of sp³-hybridized carbons (Fsp3) is 1.00. The Hall–Kier alpha value is -1.44. The molecule has 0 saturated heterocycles. The third kappa shape index (κ3) is 3.55. The van der Waals surface area contributed by atoms with Crippen LogP contribution in [0.15, 0.2) is 5.34 Å². The Morgan fingerprint density at radius 3 is 2.60 bits per heavy atom. The van der Waals surface area contributed by atoms with Crippen LogP contribution in [-0.2, 0) is 9.68 Å². The van der Waals surface area contributed by atoms with Gasteiger partial charge < -0.3 is 9.94 Å². The predicted molar refractivity (Wildman–Crippen MR) is 25.6 cm³/mol. The van der Waals surface area contributed by atoms with Gasteiger partial charge in [0.05, 0.1) is 0 Å². The molecule has 8 heteroatoms. The molecule has 8 nitrogen and oxygen atoms in total. The van der Waals surface area contributed by atoms with E-state index >= 15 is 0 Å². The van der Waals surface area contributed by atoms with Crippen molar-refractivity contribution in [3.63, 3.8) is 0 Å². The topological polar surface area (TPSA) is 111 Å². The highest BCUT2D eigenvalue weighted by Gasteiger charge is 2.28. The lowest BCUT2D eigenvalue weighted by molar-refractivity contribution is -0.813. The summed E-state index contributed by atoms with van der Waals surface area (Å²) in [7, 11) is 0. The maximum atomic E-state index is 9.49. The van der Waals surface area contributed by atoms with Crippen molar-refractivity contribution < 1.29 is 19.9 Å². The molecule has 0 heterocycles. The molecule has 10 heavy (non-hydrogen) atoms. The van der Waals surface area contributed by atoms with E-state index in [1.54, 1.807) is 5.34 Å². The van der Waals surface area contributed by atoms with Crippen molar-refractivity contribution in [2.45, 2.75) is 12.9 Å². The lowest BCUT2D eigenvalue weighted by atomic mass is 10.7. The van der Waals surface area contributed by atoms with Crippen LogP contribution in [0.25, 0.3) is 0 Å². The molecule has 0 aromatic carbocycles. The van der Waals surface area contributed by atoms with Gasteiger partial charge in [0.2, 0.25) is 0 Å². The fourth-order valence-corrected chi connectivity index (χ4v) is 0.224. The molecule has 0 radical (unpaired) electrons. The molecule has 0 aromatic rings. The molecular weight excluding hydrogens is 148 g/mol. The van der Waals surface area contributed by atoms with Crippen molar-refractivity contribution in [2.24, 2.45) is 5.34 Å². The molecule has 1 N–H and O–H groups in total. The van der Waals surface area contributed by atoms with Gasteiger partial charge in [0.15, 0.2) is 5.34 Å². The first-order chi connectivity index (χ1) is 4.48. The van der Waals surface area contributed by atoms with Gasteiger partial charge in [-0.2, -0.15) is 0 Å². The average molecular weight is 152 g/mol. The van der Waals surface area contributed by atoms with Crippen LogP contribution in [0.3, 0.4) is 0 Å². The summed E-state index contributed by atoms with van der Waals surface area (Å²) in [6.45, 7) is 0.747. The van der Waals surface area contributed by atoms with Crippen molar-refractivity contribution in [3.05, 3.63) is 15.0 Å². The van der Waals surface area contributed by atoms with Crippen LogP contribution in [0.4, 0.5) is 0 Å². The molecule has 0 aliphatic rings. The van der Waals surface area contributed by atoms with Crippen molar-refractivity contribution >= 4 is 0 Å². The summed E-state index contributed by atoms with van der Waals surface area (Å²) in [5.41, 5.74) is 0. The maximum Gasteiger partial charge on any atom is 0.385 e. The summed E-state index contributed by atoms with van der Waals surface area (Å²) in [5, 5.41) is 18.4. The van der Waals surface area contributed by atoms with Crippen LogP contribution in [0, 0.1) is 15.0 Å². The van der Waals surface area contributed by atoms with E-state index in [9.17, 15) is 15.0 Å². The van der Waals surface area contributed by atoms with Crippen LogP contribution in [0.2, 0.25) is 0 Å². The van der Waals surface area contributed by atoms with Crippen LogP contribution in [-0.4, -0.2) is 16.2 Å². The summed E-state index contributed by atoms with van der Waals surface area (Å²) in [4.78, 5) is 25.7. The highest BCUT2D eigenvalue weighted by atomic mass is 17.1. The van der Waals surface area contributed by atoms with Gasteiger partial charge in [-0.15, -0.1) is 15.0 Å². The largest absolute Gasteiger partial charge is 0.385 e. The Morgan fingerprint density at radius 2 is 2.30 bits per heavy atom. The molecule has 0 aliphatic carbocycles. The Balaban J connectivity index is 3.85. The first-order valence-corrected chi connectivity index (χ1v) is 2.04. The third-order valence-corrected chi connectivity index (χ3v) is 0.451. The zero-order chi connectivity index (χ0) is 8.20. The summed E-state index contributed by atoms with van der Waals surface area (Å²) in [6, 6.07) is 0. The number of aliphatic hydroxyl groups is 1. The molecular formula is C2H4N2O6. The average Bonchev–Trinajstić information content (AvgIpc) is 1.59. The molecule has 0 rings (SSSR count). The monoisotopic (exact) mass is 152 g/mol. The summed E-state index contributed by atoms with van der Waals surface area (Å²) < 4.78 is 0. The van der Waals surface area contributed by atoms with Crippen molar-refractivity contribution in [1.29, 1.82) is 0 Å². The number of hydrogen-bond donors (Lipinski definition) is 1. The maximum absolute atomic E-state index is 9.49. The lowest BCUT2D eigenvalue weighted by Crippen LogP contribution is -2.32. The summed E-state index contributed by atoms with van der Waals surface area (Å²) >= 11 is 0. The molecule has 0 fully saturated rings. The van der Waals surface area contributed by atoms with E-state index < -0.39 is 11.1 Å². The van der Waals surface area contributed by atoms with Gasteiger partial charge >= 0.3 is 11.1 Å². The molecule has 0 aliphatic heterocycles. The molecule has 58 valence electrons. The van der Waals surface area contributed by atoms with E-state index in [0.29, 0.717) is 0 Å². The first kappa shape index (κ1) is 8.56. The Bertz CT molecular complexity index is 143. The SMILES string of the molecule is CC(O)(ON=O)O[N+](=O)[O-]. The minimum Gasteiger partial charge on any atom is -0.334 e. The molecule has 0 spiro atoms. The standard InChI is InChI=1S/C2H4N2O6/c1-2(5,9-3-6)10-4(7)8/h5H,1H3. The second-order valence-electron chi connectivity index (χ2n) is 1.38. The normalized spacial score (nSPS) is 15.0. The van der Waals surface area contributed by atoms with Gasteiger partial charge in [-0.3, -0.25) is 0 Å². The van der Waals surface area contributed by atoms with Gasteiger partial charge in [0.25, 0.3) is 0 Å². The highest BCUT2D eigenvalue weighted by Crippen LogP contribution is 2.06. The van der Waals surface area contributed by atoms with Gasteiger partial charge in [-0.05, 0) is 0 Å². The molecule has 0 bridgehead atoms. The highest BCUT2D eigenvalue weighted by molar-refractivity contribution is 4.32. The lowest BCUT2D eigenvalue weighted by Gasteiger charge is -2.13. The van der Waals surface area contributed by atoms with E-state index in [2.05, 4.69) is 9.68 Å². The molecule has 0 aromatic heterocycles. The third-order valence-electron chi connectivity index (χ3n) is 0.451. The van der Waals surface area contributed by atoms with E-state index in [0.717, 1.165) is 6.92 Å². The van der Waals surface area contributed by atoms with Crippen LogP contribution in [0.1, 0.15) is 6.92 Å². The number of hydrogen-bond acceptors (Lipinski definition) is 7. The predicted octanol–water partition coefficient (Wildman–Crippen LogP) is -0.441. The van der Waals surface area contributed by atoms with E-state index in [-0.39, 0.29) is 0 Å². The van der Waals surface area contributed by atoms with E-state index in [1.165, 1.54) is 0 Å². The summed E-state index contributed by atoms with van der Waals surface area (Å²) in [6.07, 6.45) is 0. The Kier molecular flexibility index (Phi) is 2.50. The van der Waals surface area contributed by atoms with Gasteiger partial charge in [-0.1, -0.05) is 0 Å². The quantitative estimate of drug-likeness (QED) is 0.253. The summed E-state index contributed by atoms with van der Waals surface area (Å²) in [5.74, 6) is -2.61. The Labute approximate surface area is 54.4 Å². The molecule has 1 atom stereocenters. The zero-order valence-corrected chi connectivity index (χ0v) is 4.88. The van der Waals surface area contributed by atoms with Crippen LogP contribution < -0.4 is 0 Å². The minimum absolute atomic E-state index is 0.747. The second-order valence-corrected chi connectivity index (χ2v) is 1.38. The number of rotatable bonds is 4. The van der Waals surface area contributed by atoms with Crippen molar-refractivity contribution in [3.8, 4) is 0 Å². The van der Waals surface area contributed by atoms with Gasteiger partial charge in [0, 0.05) is 6.92 Å². The van der Waals surface area contributed by atoms with Gasteiger partial charge in [-0.25, -0.2) is 4.84 Å². The molecule has 1 unspecified atom stereocenters. The fourth-order valence-electron chi connectivity index (χ4n) is 0.224. The Morgan fingerprint density at radius 1 is 1.80 bits per heavy atom. The van der Waals surface area contributed by atoms with Crippen LogP contribution >= 0.6 is 0 Å². The zero-order valence-electron chi connectivity index (χ0n) is 4.88. The van der Waals surface area contributed by atoms with Crippen molar-refractivity contribution in [1.82, 2.24) is 0 Å². The molecule has 0 amide bonds. The smallest absolute Gasteiger partial charge is 0.334 e. The second kappa shape index (κ2) is 2.92.